The highest BCUT2D eigenvalue weighted by Crippen LogP contribution is 2.16. The molecule has 1 aromatic carbocycles. The number of rotatable bonds is 5. The lowest BCUT2D eigenvalue weighted by molar-refractivity contribution is 0.476. The predicted molar refractivity (Wildman–Crippen MR) is 96.7 cm³/mol. The van der Waals surface area contributed by atoms with E-state index >= 15 is 0 Å². The summed E-state index contributed by atoms with van der Waals surface area (Å²) in [5.41, 5.74) is 3.23. The first-order valence-corrected chi connectivity index (χ1v) is 8.13. The fourth-order valence-electron chi connectivity index (χ4n) is 2.26. The molecule has 0 radical (unpaired) electrons. The van der Waals surface area contributed by atoms with E-state index in [1.54, 1.807) is 6.20 Å². The van der Waals surface area contributed by atoms with Crippen molar-refractivity contribution in [2.24, 2.45) is 4.99 Å². The number of guanidine groups is 1. The Bertz CT molecular complexity index is 670. The quantitative estimate of drug-likeness (QED) is 0.672. The van der Waals surface area contributed by atoms with Crippen LogP contribution in [-0.2, 0) is 13.1 Å². The number of benzene rings is 1. The van der Waals surface area contributed by atoms with Crippen LogP contribution in [0.25, 0.3) is 0 Å². The molecule has 122 valence electrons. The summed E-state index contributed by atoms with van der Waals surface area (Å²) >= 11 is 6.25. The van der Waals surface area contributed by atoms with Crippen LogP contribution in [0.3, 0.4) is 0 Å². The van der Waals surface area contributed by atoms with Crippen molar-refractivity contribution < 1.29 is 0 Å². The zero-order chi connectivity index (χ0) is 16.7. The zero-order valence-electron chi connectivity index (χ0n) is 13.9. The van der Waals surface area contributed by atoms with Crippen molar-refractivity contribution in [3.05, 3.63) is 64.4 Å². The number of aryl methyl sites for hydroxylation is 1. The summed E-state index contributed by atoms with van der Waals surface area (Å²) in [6.07, 6.45) is 1.80. The van der Waals surface area contributed by atoms with Crippen molar-refractivity contribution in [3.63, 3.8) is 0 Å². The van der Waals surface area contributed by atoms with Crippen LogP contribution in [0.1, 0.15) is 23.7 Å². The number of hydrogen-bond acceptors (Lipinski definition) is 2. The second-order valence-electron chi connectivity index (χ2n) is 5.38. The molecule has 2 rings (SSSR count). The van der Waals surface area contributed by atoms with Gasteiger partial charge in [0.2, 0.25) is 0 Å². The maximum Gasteiger partial charge on any atom is 0.194 e. The Morgan fingerprint density at radius 2 is 2.04 bits per heavy atom. The molecule has 0 unspecified atom stereocenters. The summed E-state index contributed by atoms with van der Waals surface area (Å²) in [5.74, 6) is 0.845. The first kappa shape index (κ1) is 17.3. The molecule has 0 aliphatic heterocycles. The van der Waals surface area contributed by atoms with Gasteiger partial charge in [-0.05, 0) is 37.1 Å². The van der Waals surface area contributed by atoms with Crippen LogP contribution >= 0.6 is 11.6 Å². The molecule has 0 amide bonds. The van der Waals surface area contributed by atoms with E-state index in [1.807, 2.05) is 37.4 Å². The summed E-state index contributed by atoms with van der Waals surface area (Å²) in [4.78, 5) is 11.2. The van der Waals surface area contributed by atoms with Crippen molar-refractivity contribution in [2.45, 2.75) is 26.9 Å². The molecule has 5 heteroatoms. The lowest BCUT2D eigenvalue weighted by Gasteiger charge is -2.22. The third kappa shape index (κ3) is 4.96. The molecule has 0 saturated heterocycles. The van der Waals surface area contributed by atoms with Gasteiger partial charge in [0.25, 0.3) is 0 Å². The first-order valence-electron chi connectivity index (χ1n) is 7.75. The fraction of sp³-hybridized carbons (Fsp3) is 0.333. The van der Waals surface area contributed by atoms with Gasteiger partial charge in [0.05, 0.1) is 12.2 Å². The molecule has 4 nitrogen and oxygen atoms in total. The van der Waals surface area contributed by atoms with E-state index in [0.29, 0.717) is 13.1 Å². The van der Waals surface area contributed by atoms with Crippen LogP contribution in [0.15, 0.2) is 47.6 Å². The van der Waals surface area contributed by atoms with Crippen molar-refractivity contribution >= 4 is 17.6 Å². The summed E-state index contributed by atoms with van der Waals surface area (Å²) in [6, 6.07) is 11.9. The maximum atomic E-state index is 6.25. The van der Waals surface area contributed by atoms with Crippen molar-refractivity contribution in [1.82, 2.24) is 15.2 Å². The summed E-state index contributed by atoms with van der Waals surface area (Å²) in [6.45, 7) is 6.19. The van der Waals surface area contributed by atoms with Gasteiger partial charge in [0, 0.05) is 31.4 Å². The summed E-state index contributed by atoms with van der Waals surface area (Å²) in [5, 5.41) is 4.09. The van der Waals surface area contributed by atoms with Crippen molar-refractivity contribution in [3.8, 4) is 0 Å². The van der Waals surface area contributed by atoms with E-state index in [9.17, 15) is 0 Å². The molecule has 1 heterocycles. The fourth-order valence-corrected chi connectivity index (χ4v) is 2.46. The SMILES string of the molecule is CCNC(=NCc1ncccc1C)N(C)Cc1ccccc1Cl. The zero-order valence-corrected chi connectivity index (χ0v) is 14.6. The highest BCUT2D eigenvalue weighted by molar-refractivity contribution is 6.31. The van der Waals surface area contributed by atoms with Crippen LogP contribution < -0.4 is 5.32 Å². The largest absolute Gasteiger partial charge is 0.357 e. The average molecular weight is 331 g/mol. The first-order chi connectivity index (χ1) is 11.1. The monoisotopic (exact) mass is 330 g/mol. The Labute approximate surface area is 143 Å². The molecule has 1 N–H and O–H groups in total. The molecule has 2 aromatic rings. The van der Waals surface area contributed by atoms with Gasteiger partial charge in [-0.15, -0.1) is 0 Å². The number of aliphatic imine (C=N–C) groups is 1. The molecule has 0 aliphatic carbocycles. The van der Waals surface area contributed by atoms with Crippen LogP contribution in [-0.4, -0.2) is 29.4 Å². The number of pyridine rings is 1. The molecule has 0 bridgehead atoms. The number of nitrogens with one attached hydrogen (secondary N) is 1. The van der Waals surface area contributed by atoms with E-state index < -0.39 is 0 Å². The van der Waals surface area contributed by atoms with Gasteiger partial charge in [-0.1, -0.05) is 35.9 Å². The molecule has 23 heavy (non-hydrogen) atoms. The van der Waals surface area contributed by atoms with E-state index in [2.05, 4.69) is 35.1 Å². The molecule has 0 atom stereocenters. The number of aromatic nitrogens is 1. The van der Waals surface area contributed by atoms with Gasteiger partial charge < -0.3 is 10.2 Å². The number of halogens is 1. The lowest BCUT2D eigenvalue weighted by atomic mass is 10.2. The normalized spacial score (nSPS) is 11.4. The maximum absolute atomic E-state index is 6.25. The second kappa shape index (κ2) is 8.53. The third-order valence-electron chi connectivity index (χ3n) is 3.56. The van der Waals surface area contributed by atoms with E-state index in [0.717, 1.165) is 34.3 Å². The van der Waals surface area contributed by atoms with E-state index in [1.165, 1.54) is 0 Å². The molecular formula is C18H23ClN4. The van der Waals surface area contributed by atoms with E-state index in [4.69, 9.17) is 16.6 Å². The minimum atomic E-state index is 0.557. The van der Waals surface area contributed by atoms with Crippen LogP contribution in [0.5, 0.6) is 0 Å². The molecule has 0 aliphatic rings. The van der Waals surface area contributed by atoms with Gasteiger partial charge in [0.15, 0.2) is 5.96 Å². The van der Waals surface area contributed by atoms with Crippen LogP contribution in [0.4, 0.5) is 0 Å². The van der Waals surface area contributed by atoms with Crippen LogP contribution in [0.2, 0.25) is 5.02 Å². The number of hydrogen-bond donors (Lipinski definition) is 1. The van der Waals surface area contributed by atoms with E-state index in [-0.39, 0.29) is 0 Å². The lowest BCUT2D eigenvalue weighted by Crippen LogP contribution is -2.38. The minimum Gasteiger partial charge on any atom is -0.357 e. The van der Waals surface area contributed by atoms with Gasteiger partial charge in [-0.3, -0.25) is 4.98 Å². The van der Waals surface area contributed by atoms with Crippen molar-refractivity contribution in [1.29, 1.82) is 0 Å². The van der Waals surface area contributed by atoms with Gasteiger partial charge in [0.1, 0.15) is 0 Å². The molecule has 1 aromatic heterocycles. The Kier molecular flexibility index (Phi) is 6.41. The smallest absolute Gasteiger partial charge is 0.194 e. The molecule has 0 spiro atoms. The molecule has 0 fully saturated rings. The summed E-state index contributed by atoms with van der Waals surface area (Å²) in [7, 11) is 2.01. The second-order valence-corrected chi connectivity index (χ2v) is 5.79. The third-order valence-corrected chi connectivity index (χ3v) is 3.93. The Hall–Kier alpha value is -2.07. The van der Waals surface area contributed by atoms with Gasteiger partial charge in [-0.2, -0.15) is 0 Å². The highest BCUT2D eigenvalue weighted by Gasteiger charge is 2.09. The Morgan fingerprint density at radius 1 is 1.26 bits per heavy atom. The topological polar surface area (TPSA) is 40.5 Å². The Morgan fingerprint density at radius 3 is 2.74 bits per heavy atom. The average Bonchev–Trinajstić information content (AvgIpc) is 2.55. The Balaban J connectivity index is 2.12. The summed E-state index contributed by atoms with van der Waals surface area (Å²) < 4.78 is 0. The van der Waals surface area contributed by atoms with Gasteiger partial charge >= 0.3 is 0 Å². The standard InChI is InChI=1S/C18H23ClN4/c1-4-20-18(22-12-17-14(2)8-7-11-21-17)23(3)13-15-9-5-6-10-16(15)19/h5-11H,4,12-13H2,1-3H3,(H,20,22). The minimum absolute atomic E-state index is 0.557. The molecule has 0 saturated carbocycles. The van der Waals surface area contributed by atoms with Gasteiger partial charge in [-0.25, -0.2) is 4.99 Å². The molecular weight excluding hydrogens is 308 g/mol. The van der Waals surface area contributed by atoms with Crippen LogP contribution in [0, 0.1) is 6.92 Å². The number of nitrogens with zero attached hydrogens (tertiary/aromatic N) is 3. The highest BCUT2D eigenvalue weighted by atomic mass is 35.5. The van der Waals surface area contributed by atoms with Crippen molar-refractivity contribution in [2.75, 3.05) is 13.6 Å². The predicted octanol–water partition coefficient (Wildman–Crippen LogP) is 3.64.